The summed E-state index contributed by atoms with van der Waals surface area (Å²) < 4.78 is 38.8. The summed E-state index contributed by atoms with van der Waals surface area (Å²) in [4.78, 5) is 31.2. The summed E-state index contributed by atoms with van der Waals surface area (Å²) in [5, 5.41) is 7.55. The predicted molar refractivity (Wildman–Crippen MR) is 117 cm³/mol. The molecule has 0 saturated carbocycles. The number of benzene rings is 1. The lowest BCUT2D eigenvalue weighted by Crippen LogP contribution is -2.28. The Balaban J connectivity index is 1.56. The molecule has 0 fully saturated rings. The monoisotopic (exact) mass is 478 g/mol. The molecule has 0 unspecified atom stereocenters. The number of H-pyrrole nitrogens is 1. The topological polar surface area (TPSA) is 78.4 Å². The lowest BCUT2D eigenvalue weighted by Gasteiger charge is -2.22. The average Bonchev–Trinajstić information content (AvgIpc) is 3.41. The first-order valence-corrected chi connectivity index (χ1v) is 11.4. The Bertz CT molecular complexity index is 1210. The van der Waals surface area contributed by atoms with E-state index >= 15 is 0 Å². The Labute approximate surface area is 189 Å². The number of nitrogens with one attached hydrogen (secondary N) is 1. The van der Waals surface area contributed by atoms with Gasteiger partial charge in [0.05, 0.1) is 22.4 Å². The van der Waals surface area contributed by atoms with Gasteiger partial charge in [0.2, 0.25) is 0 Å². The van der Waals surface area contributed by atoms with Crippen molar-refractivity contribution in [3.05, 3.63) is 79.9 Å². The number of alkyl halides is 3. The van der Waals surface area contributed by atoms with E-state index in [1.54, 1.807) is 0 Å². The van der Waals surface area contributed by atoms with E-state index in [1.807, 2.05) is 48.7 Å². The van der Waals surface area contributed by atoms with E-state index in [1.165, 1.54) is 16.3 Å². The Morgan fingerprint density at radius 2 is 2.03 bits per heavy atom. The minimum absolute atomic E-state index is 0.228. The van der Waals surface area contributed by atoms with Crippen molar-refractivity contribution in [3.63, 3.8) is 0 Å². The van der Waals surface area contributed by atoms with Gasteiger partial charge in [-0.15, -0.1) is 11.3 Å². The lowest BCUT2D eigenvalue weighted by molar-refractivity contribution is -0.141. The standard InChI is InChI=1S/C21H17F3N4O2S2/c1-12-4-6-13(7-5-12)15-9-14(16-3-2-8-31-16)27-28(15)19(30)11-32-20-25-17(21(22,23)24)10-18(29)26-20/h2-8,10,15H,9,11H2,1H3,(H,25,26,29)/t15-/m0/s1. The first-order valence-electron chi connectivity index (χ1n) is 9.52. The Hall–Kier alpha value is -2.92. The smallest absolute Gasteiger partial charge is 0.301 e. The van der Waals surface area contributed by atoms with Crippen molar-refractivity contribution in [2.45, 2.75) is 30.7 Å². The number of halogens is 3. The molecule has 32 heavy (non-hydrogen) atoms. The molecule has 3 aromatic rings. The van der Waals surface area contributed by atoms with Gasteiger partial charge in [-0.05, 0) is 23.9 Å². The molecule has 4 rings (SSSR count). The number of aromatic amines is 1. The van der Waals surface area contributed by atoms with E-state index < -0.39 is 23.3 Å². The van der Waals surface area contributed by atoms with Crippen LogP contribution in [-0.4, -0.2) is 32.3 Å². The molecule has 0 aliphatic carbocycles. The number of carbonyl (C=O) groups is 1. The van der Waals surface area contributed by atoms with Crippen molar-refractivity contribution >= 4 is 34.7 Å². The van der Waals surface area contributed by atoms with Crippen molar-refractivity contribution < 1.29 is 18.0 Å². The molecule has 166 valence electrons. The molecule has 1 N–H and O–H groups in total. The molecule has 1 aliphatic rings. The SMILES string of the molecule is Cc1ccc([C@@H]2CC(c3cccs3)=NN2C(=O)CSc2nc(C(F)(F)F)cc(=O)[nH]2)cc1. The highest BCUT2D eigenvalue weighted by atomic mass is 32.2. The lowest BCUT2D eigenvalue weighted by atomic mass is 10.00. The summed E-state index contributed by atoms with van der Waals surface area (Å²) >= 11 is 2.25. The molecule has 0 radical (unpaired) electrons. The summed E-state index contributed by atoms with van der Waals surface area (Å²) in [6.45, 7) is 1.97. The van der Waals surface area contributed by atoms with Gasteiger partial charge < -0.3 is 4.98 Å². The van der Waals surface area contributed by atoms with Gasteiger partial charge >= 0.3 is 6.18 Å². The van der Waals surface area contributed by atoms with E-state index in [0.29, 0.717) is 12.5 Å². The van der Waals surface area contributed by atoms with Gasteiger partial charge in [-0.2, -0.15) is 18.3 Å². The fourth-order valence-electron chi connectivity index (χ4n) is 3.23. The van der Waals surface area contributed by atoms with E-state index in [2.05, 4.69) is 15.1 Å². The van der Waals surface area contributed by atoms with Crippen LogP contribution in [0.25, 0.3) is 0 Å². The zero-order valence-corrected chi connectivity index (χ0v) is 18.4. The zero-order chi connectivity index (χ0) is 22.9. The average molecular weight is 479 g/mol. The third-order valence-electron chi connectivity index (χ3n) is 4.78. The van der Waals surface area contributed by atoms with E-state index in [9.17, 15) is 22.8 Å². The summed E-state index contributed by atoms with van der Waals surface area (Å²) in [5.74, 6) is -0.624. The molecular formula is C21H17F3N4O2S2. The Morgan fingerprint density at radius 1 is 1.28 bits per heavy atom. The number of hydrogen-bond acceptors (Lipinski definition) is 6. The normalized spacial score (nSPS) is 16.3. The van der Waals surface area contributed by atoms with Crippen molar-refractivity contribution in [3.8, 4) is 0 Å². The summed E-state index contributed by atoms with van der Waals surface area (Å²) in [6, 6.07) is 11.7. The maximum atomic E-state index is 13.0. The molecule has 0 bridgehead atoms. The van der Waals surface area contributed by atoms with Gasteiger partial charge in [-0.1, -0.05) is 47.7 Å². The second kappa shape index (κ2) is 8.91. The molecule has 0 spiro atoms. The van der Waals surface area contributed by atoms with Crippen LogP contribution in [0.1, 0.15) is 34.2 Å². The summed E-state index contributed by atoms with van der Waals surface area (Å²) in [5.41, 5.74) is 0.537. The second-order valence-electron chi connectivity index (χ2n) is 7.12. The number of aryl methyl sites for hydroxylation is 1. The van der Waals surface area contributed by atoms with Gasteiger partial charge in [0.15, 0.2) is 10.9 Å². The van der Waals surface area contributed by atoms with Crippen LogP contribution < -0.4 is 5.56 Å². The highest BCUT2D eigenvalue weighted by Crippen LogP contribution is 2.35. The molecular weight excluding hydrogens is 461 g/mol. The van der Waals surface area contributed by atoms with Crippen LogP contribution in [-0.2, 0) is 11.0 Å². The number of nitrogens with zero attached hydrogens (tertiary/aromatic N) is 3. The van der Waals surface area contributed by atoms with Crippen LogP contribution in [0.3, 0.4) is 0 Å². The van der Waals surface area contributed by atoms with E-state index in [0.717, 1.165) is 33.5 Å². The van der Waals surface area contributed by atoms with Crippen molar-refractivity contribution in [2.75, 3.05) is 5.75 Å². The highest BCUT2D eigenvalue weighted by Gasteiger charge is 2.35. The quantitative estimate of drug-likeness (QED) is 0.429. The molecule has 1 atom stereocenters. The molecule has 1 amide bonds. The molecule has 0 saturated heterocycles. The third kappa shape index (κ3) is 4.94. The third-order valence-corrected chi connectivity index (χ3v) is 6.55. The number of aromatic nitrogens is 2. The molecule has 1 aliphatic heterocycles. The minimum atomic E-state index is -4.75. The molecule has 3 heterocycles. The van der Waals surface area contributed by atoms with E-state index in [4.69, 9.17) is 0 Å². The van der Waals surface area contributed by atoms with Crippen LogP contribution in [0.15, 0.2) is 62.9 Å². The van der Waals surface area contributed by atoms with Gasteiger partial charge in [0, 0.05) is 12.5 Å². The Kier molecular flexibility index (Phi) is 6.20. The number of rotatable bonds is 5. The number of thioether (sulfide) groups is 1. The number of hydrazone groups is 1. The van der Waals surface area contributed by atoms with Gasteiger partial charge in [-0.3, -0.25) is 9.59 Å². The molecule has 1 aromatic carbocycles. The predicted octanol–water partition coefficient (Wildman–Crippen LogP) is 4.63. The molecule has 11 heteroatoms. The van der Waals surface area contributed by atoms with E-state index in [-0.39, 0.29) is 17.0 Å². The van der Waals surface area contributed by atoms with Crippen LogP contribution in [0.2, 0.25) is 0 Å². The van der Waals surface area contributed by atoms with Crippen molar-refractivity contribution in [1.82, 2.24) is 15.0 Å². The number of carbonyl (C=O) groups excluding carboxylic acids is 1. The minimum Gasteiger partial charge on any atom is -0.301 e. The zero-order valence-electron chi connectivity index (χ0n) is 16.7. The fourth-order valence-corrected chi connectivity index (χ4v) is 4.67. The number of amides is 1. The maximum Gasteiger partial charge on any atom is 0.433 e. The highest BCUT2D eigenvalue weighted by molar-refractivity contribution is 7.99. The van der Waals surface area contributed by atoms with Crippen molar-refractivity contribution in [2.24, 2.45) is 5.10 Å². The summed E-state index contributed by atoms with van der Waals surface area (Å²) in [7, 11) is 0. The number of thiophene rings is 1. The van der Waals surface area contributed by atoms with Gasteiger partial charge in [0.25, 0.3) is 11.5 Å². The molecule has 2 aromatic heterocycles. The van der Waals surface area contributed by atoms with Crippen LogP contribution in [0.5, 0.6) is 0 Å². The van der Waals surface area contributed by atoms with Crippen molar-refractivity contribution in [1.29, 1.82) is 0 Å². The van der Waals surface area contributed by atoms with Gasteiger partial charge in [0.1, 0.15) is 0 Å². The number of hydrogen-bond donors (Lipinski definition) is 1. The van der Waals surface area contributed by atoms with Crippen LogP contribution >= 0.6 is 23.1 Å². The first kappa shape index (κ1) is 22.3. The van der Waals surface area contributed by atoms with Gasteiger partial charge in [-0.25, -0.2) is 9.99 Å². The fraction of sp³-hybridized carbons (Fsp3) is 0.238. The van der Waals surface area contributed by atoms with Crippen LogP contribution in [0.4, 0.5) is 13.2 Å². The van der Waals surface area contributed by atoms with Crippen LogP contribution in [0, 0.1) is 6.92 Å². The second-order valence-corrected chi connectivity index (χ2v) is 9.03. The first-order chi connectivity index (χ1) is 15.2. The molecule has 6 nitrogen and oxygen atoms in total. The largest absolute Gasteiger partial charge is 0.433 e. The summed E-state index contributed by atoms with van der Waals surface area (Å²) in [6.07, 6.45) is -4.22. The maximum absolute atomic E-state index is 13.0. The Morgan fingerprint density at radius 3 is 2.69 bits per heavy atom.